The summed E-state index contributed by atoms with van der Waals surface area (Å²) < 4.78 is 1.47. The number of halogens is 1. The maximum atomic E-state index is 12.9. The van der Waals surface area contributed by atoms with Crippen LogP contribution in [0.2, 0.25) is 0 Å². The lowest BCUT2D eigenvalue weighted by molar-refractivity contribution is -0.150. The number of nitrogens with zero attached hydrogens (tertiary/aromatic N) is 7. The summed E-state index contributed by atoms with van der Waals surface area (Å²) in [5.74, 6) is -1.77. The second kappa shape index (κ2) is 10.6. The van der Waals surface area contributed by atoms with E-state index in [4.69, 9.17) is 10.6 Å². The van der Waals surface area contributed by atoms with Gasteiger partial charge in [-0.2, -0.15) is 0 Å². The zero-order valence-electron chi connectivity index (χ0n) is 17.6. The first-order chi connectivity index (χ1) is 15.8. The number of oxime groups is 1. The SMILES string of the molecule is CON=C(C(=O)NC1C(=O)N2C(C(=O)O)=C(CSc3nnnn3C)CSC12)c1csc(N)n1.Cl. The number of fused-ring (bicyclic) bond motifs is 1. The number of thioether (sulfide) groups is 2. The van der Waals surface area contributed by atoms with Crippen LogP contribution in [0, 0.1) is 0 Å². The van der Waals surface area contributed by atoms with Crippen molar-refractivity contribution in [2.24, 2.45) is 12.2 Å². The summed E-state index contributed by atoms with van der Waals surface area (Å²) in [5, 5.41) is 29.0. The number of aryl methyl sites for hydroxylation is 1. The maximum Gasteiger partial charge on any atom is 0.352 e. The summed E-state index contributed by atoms with van der Waals surface area (Å²) in [7, 11) is 2.95. The Morgan fingerprint density at radius 3 is 2.82 bits per heavy atom. The molecule has 2 unspecified atom stereocenters. The molecule has 182 valence electrons. The van der Waals surface area contributed by atoms with E-state index in [9.17, 15) is 19.5 Å². The van der Waals surface area contributed by atoms with Crippen molar-refractivity contribution < 1.29 is 24.3 Å². The number of β-lactam (4-membered cyclic amide) rings is 1. The summed E-state index contributed by atoms with van der Waals surface area (Å²) >= 11 is 3.75. The average Bonchev–Trinajstić information content (AvgIpc) is 3.40. The number of hydrogen-bond acceptors (Lipinski definition) is 13. The van der Waals surface area contributed by atoms with Gasteiger partial charge in [0.1, 0.15) is 29.9 Å². The van der Waals surface area contributed by atoms with Gasteiger partial charge in [-0.05, 0) is 16.0 Å². The zero-order valence-corrected chi connectivity index (χ0v) is 20.8. The molecule has 0 aromatic carbocycles. The van der Waals surface area contributed by atoms with Crippen molar-refractivity contribution in [1.29, 1.82) is 0 Å². The number of amides is 2. The van der Waals surface area contributed by atoms with Crippen LogP contribution < -0.4 is 11.1 Å². The number of carboxylic acid groups (broad SMARTS) is 1. The lowest BCUT2D eigenvalue weighted by Gasteiger charge is -2.49. The Hall–Kier alpha value is -2.89. The van der Waals surface area contributed by atoms with Gasteiger partial charge in [0.2, 0.25) is 5.16 Å². The van der Waals surface area contributed by atoms with Gasteiger partial charge in [0.15, 0.2) is 10.8 Å². The van der Waals surface area contributed by atoms with Gasteiger partial charge >= 0.3 is 5.97 Å². The Balaban J connectivity index is 0.00000324. The van der Waals surface area contributed by atoms with Crippen LogP contribution in [0.25, 0.3) is 0 Å². The smallest absolute Gasteiger partial charge is 0.352 e. The van der Waals surface area contributed by atoms with Gasteiger partial charge in [-0.3, -0.25) is 14.5 Å². The van der Waals surface area contributed by atoms with Gasteiger partial charge in [-0.1, -0.05) is 16.9 Å². The van der Waals surface area contributed by atoms with Crippen LogP contribution in [0.3, 0.4) is 0 Å². The molecular formula is C16H18ClN9O5S3. The minimum absolute atomic E-state index is 0. The molecule has 2 aromatic heterocycles. The Labute approximate surface area is 210 Å². The van der Waals surface area contributed by atoms with E-state index >= 15 is 0 Å². The van der Waals surface area contributed by atoms with Gasteiger partial charge in [-0.15, -0.1) is 40.6 Å². The number of nitrogen functional groups attached to an aromatic ring is 1. The summed E-state index contributed by atoms with van der Waals surface area (Å²) in [4.78, 5) is 47.6. The third-order valence-electron chi connectivity index (χ3n) is 4.66. The summed E-state index contributed by atoms with van der Waals surface area (Å²) in [6, 6.07) is -0.924. The molecule has 18 heteroatoms. The van der Waals surface area contributed by atoms with Crippen molar-refractivity contribution in [1.82, 2.24) is 35.4 Å². The van der Waals surface area contributed by atoms with E-state index in [1.165, 1.54) is 40.2 Å². The molecule has 2 atom stereocenters. The number of carbonyl (C=O) groups is 3. The number of aliphatic carboxylic acids is 1. The maximum absolute atomic E-state index is 12.9. The molecule has 0 spiro atoms. The summed E-state index contributed by atoms with van der Waals surface area (Å²) in [5.41, 5.74) is 6.17. The van der Waals surface area contributed by atoms with Crippen molar-refractivity contribution >= 4 is 75.9 Å². The minimum Gasteiger partial charge on any atom is -0.477 e. The predicted molar refractivity (Wildman–Crippen MR) is 127 cm³/mol. The predicted octanol–water partition coefficient (Wildman–Crippen LogP) is -0.448. The van der Waals surface area contributed by atoms with Crippen LogP contribution >= 0.6 is 47.3 Å². The van der Waals surface area contributed by atoms with Gasteiger partial charge < -0.3 is 21.0 Å². The Morgan fingerprint density at radius 1 is 1.47 bits per heavy atom. The number of tetrazole rings is 1. The van der Waals surface area contributed by atoms with Gasteiger partial charge in [0, 0.05) is 23.9 Å². The largest absolute Gasteiger partial charge is 0.477 e. The minimum atomic E-state index is -1.22. The summed E-state index contributed by atoms with van der Waals surface area (Å²) in [6.07, 6.45) is 0. The first-order valence-corrected chi connectivity index (χ1v) is 12.1. The highest BCUT2D eigenvalue weighted by molar-refractivity contribution is 8.01. The van der Waals surface area contributed by atoms with Crippen LogP contribution in [0.4, 0.5) is 5.13 Å². The van der Waals surface area contributed by atoms with E-state index in [-0.39, 0.29) is 34.6 Å². The molecule has 2 aliphatic heterocycles. The summed E-state index contributed by atoms with van der Waals surface area (Å²) in [6.45, 7) is 0. The second-order valence-electron chi connectivity index (χ2n) is 6.69. The topological polar surface area (TPSA) is 191 Å². The number of carboxylic acids is 1. The standard InChI is InChI=1S/C16H17N9O5S3.ClH/c1-24-16(20-22-23-24)33-4-6-3-31-13-9(12(27)25(13)10(6)14(28)29)19-11(26)8(21-30-2)7-5-32-15(17)18-7;/h5,9,13H,3-4H2,1-2H3,(H2,17,18)(H,19,26)(H,28,29);1H. The number of aromatic nitrogens is 5. The van der Waals surface area contributed by atoms with E-state index < -0.39 is 29.2 Å². The molecular weight excluding hydrogens is 530 g/mol. The van der Waals surface area contributed by atoms with Crippen LogP contribution in [-0.2, 0) is 26.3 Å². The molecule has 1 saturated heterocycles. The first kappa shape index (κ1) is 25.7. The fourth-order valence-corrected chi connectivity index (χ4v) is 6.07. The molecule has 0 bridgehead atoms. The van der Waals surface area contributed by atoms with E-state index in [0.29, 0.717) is 22.2 Å². The van der Waals surface area contributed by atoms with Crippen LogP contribution in [0.15, 0.2) is 27.0 Å². The van der Waals surface area contributed by atoms with E-state index in [1.54, 1.807) is 12.4 Å². The first-order valence-electron chi connectivity index (χ1n) is 9.20. The molecule has 0 saturated carbocycles. The second-order valence-corrected chi connectivity index (χ2v) is 9.62. The highest BCUT2D eigenvalue weighted by Gasteiger charge is 2.54. The molecule has 2 aliphatic rings. The highest BCUT2D eigenvalue weighted by atomic mass is 35.5. The Kier molecular flexibility index (Phi) is 8.01. The molecule has 34 heavy (non-hydrogen) atoms. The number of hydrogen-bond donors (Lipinski definition) is 3. The molecule has 4 rings (SSSR count). The Bertz CT molecular complexity index is 1180. The monoisotopic (exact) mass is 547 g/mol. The zero-order chi connectivity index (χ0) is 23.7. The Morgan fingerprint density at radius 2 is 2.24 bits per heavy atom. The highest BCUT2D eigenvalue weighted by Crippen LogP contribution is 2.41. The van der Waals surface area contributed by atoms with Gasteiger partial charge in [-0.25, -0.2) is 14.5 Å². The van der Waals surface area contributed by atoms with Crippen LogP contribution in [0.1, 0.15) is 5.69 Å². The molecule has 1 fully saturated rings. The average molecular weight is 548 g/mol. The van der Waals surface area contributed by atoms with Crippen LogP contribution in [-0.4, -0.2) is 88.7 Å². The normalized spacial score (nSPS) is 19.8. The van der Waals surface area contributed by atoms with E-state index in [1.807, 2.05) is 0 Å². The molecule has 14 nitrogen and oxygen atoms in total. The quantitative estimate of drug-likeness (QED) is 0.167. The molecule has 4 N–H and O–H groups in total. The fraction of sp³-hybridized carbons (Fsp3) is 0.375. The third kappa shape index (κ3) is 4.82. The lowest BCUT2D eigenvalue weighted by Crippen LogP contribution is -2.71. The van der Waals surface area contributed by atoms with Gasteiger partial charge in [0.05, 0.1) is 0 Å². The van der Waals surface area contributed by atoms with Crippen LogP contribution in [0.5, 0.6) is 0 Å². The van der Waals surface area contributed by atoms with Crippen molar-refractivity contribution in [2.75, 3.05) is 24.3 Å². The molecule has 2 amide bonds. The number of nitrogens with one attached hydrogen (secondary N) is 1. The van der Waals surface area contributed by atoms with E-state index in [2.05, 4.69) is 31.0 Å². The number of nitrogens with two attached hydrogens (primary N) is 1. The molecule has 4 heterocycles. The van der Waals surface area contributed by atoms with Crippen molar-refractivity contribution in [3.8, 4) is 0 Å². The number of anilines is 1. The number of thiazole rings is 1. The molecule has 0 radical (unpaired) electrons. The lowest BCUT2D eigenvalue weighted by atomic mass is 10.0. The molecule has 0 aliphatic carbocycles. The van der Waals surface area contributed by atoms with Crippen molar-refractivity contribution in [3.63, 3.8) is 0 Å². The number of carbonyl (C=O) groups excluding carboxylic acids is 2. The fourth-order valence-electron chi connectivity index (χ4n) is 3.19. The third-order valence-corrected chi connectivity index (χ3v) is 7.77. The van der Waals surface area contributed by atoms with Crippen molar-refractivity contribution in [3.05, 3.63) is 22.3 Å². The number of rotatable bonds is 8. The van der Waals surface area contributed by atoms with Gasteiger partial charge in [0.25, 0.3) is 11.8 Å². The van der Waals surface area contributed by atoms with Crippen molar-refractivity contribution in [2.45, 2.75) is 16.6 Å². The molecule has 2 aromatic rings. The van der Waals surface area contributed by atoms with E-state index in [0.717, 1.165) is 11.3 Å².